The predicted octanol–water partition coefficient (Wildman–Crippen LogP) is 5.61. The number of rotatable bonds is 3. The summed E-state index contributed by atoms with van der Waals surface area (Å²) in [6.45, 7) is 0. The number of carbonyl (C=O) groups is 1. The number of benzene rings is 2. The van der Waals surface area contributed by atoms with Crippen LogP contribution in [0.3, 0.4) is 0 Å². The summed E-state index contributed by atoms with van der Waals surface area (Å²) in [5.74, 6) is -0.471. The summed E-state index contributed by atoms with van der Waals surface area (Å²) in [7, 11) is 0. The van der Waals surface area contributed by atoms with Crippen molar-refractivity contribution in [1.82, 2.24) is 5.32 Å². The van der Waals surface area contributed by atoms with Crippen LogP contribution in [-0.4, -0.2) is 17.3 Å². The first-order valence-corrected chi connectivity index (χ1v) is 9.24. The lowest BCUT2D eigenvalue weighted by Crippen LogP contribution is -2.19. The Labute approximate surface area is 172 Å². The van der Waals surface area contributed by atoms with Gasteiger partial charge < -0.3 is 0 Å². The molecule has 1 heterocycles. The van der Waals surface area contributed by atoms with Gasteiger partial charge in [0.05, 0.1) is 21.7 Å². The fourth-order valence-corrected chi connectivity index (χ4v) is 3.42. The fraction of sp³-hybridized carbons (Fsp3) is 0.0556. The zero-order valence-corrected chi connectivity index (χ0v) is 16.1. The van der Waals surface area contributed by atoms with Crippen LogP contribution in [0.5, 0.6) is 0 Å². The van der Waals surface area contributed by atoms with E-state index in [9.17, 15) is 18.0 Å². The molecule has 2 aromatic rings. The van der Waals surface area contributed by atoms with Crippen molar-refractivity contribution < 1.29 is 18.0 Å². The van der Waals surface area contributed by atoms with E-state index >= 15 is 0 Å². The molecule has 1 amide bonds. The normalized spacial score (nSPS) is 17.7. The van der Waals surface area contributed by atoms with Crippen molar-refractivity contribution in [3.8, 4) is 0 Å². The maximum Gasteiger partial charge on any atom is 0.416 e. The summed E-state index contributed by atoms with van der Waals surface area (Å²) >= 11 is 12.8. The number of halogens is 5. The first kappa shape index (κ1) is 20.4. The zero-order chi connectivity index (χ0) is 20.3. The zero-order valence-electron chi connectivity index (χ0n) is 13.8. The van der Waals surface area contributed by atoms with Gasteiger partial charge in [0.1, 0.15) is 0 Å². The van der Waals surface area contributed by atoms with Crippen LogP contribution in [0.25, 0.3) is 6.08 Å². The first-order valence-electron chi connectivity index (χ1n) is 7.66. The number of hydrogen-bond donors (Lipinski definition) is 1. The van der Waals surface area contributed by atoms with Crippen LogP contribution >= 0.6 is 35.0 Å². The molecular weight excluding hydrogens is 434 g/mol. The average Bonchev–Trinajstić information content (AvgIpc) is 2.96. The molecule has 28 heavy (non-hydrogen) atoms. The number of nitrogens with one attached hydrogen (secondary N) is 1. The molecule has 2 aromatic carbocycles. The Hall–Kier alpha value is -2.29. The molecule has 10 heteroatoms. The van der Waals surface area contributed by atoms with Crippen LogP contribution in [0.15, 0.2) is 57.6 Å². The highest BCUT2D eigenvalue weighted by molar-refractivity contribution is 8.18. The van der Waals surface area contributed by atoms with E-state index in [-0.39, 0.29) is 15.6 Å². The van der Waals surface area contributed by atoms with Crippen LogP contribution in [0.2, 0.25) is 10.0 Å². The minimum Gasteiger partial charge on any atom is -0.299 e. The maximum absolute atomic E-state index is 12.8. The second-order valence-corrected chi connectivity index (χ2v) is 7.38. The standard InChI is InChI=1S/C18H10Cl2F3N3OS/c19-13-5-4-11(14(20)8-13)9-24-26-17-25-16(27)15(28-17)7-10-2-1-3-12(6-10)18(21,22)23/h1-9H,(H,25,26,27)/b15-7+,24-9+. The van der Waals surface area contributed by atoms with Gasteiger partial charge in [0.25, 0.3) is 5.91 Å². The molecule has 0 aromatic heterocycles. The molecule has 144 valence electrons. The second kappa shape index (κ2) is 8.38. The lowest BCUT2D eigenvalue weighted by molar-refractivity contribution is -0.137. The van der Waals surface area contributed by atoms with Gasteiger partial charge in [-0.3, -0.25) is 10.1 Å². The van der Waals surface area contributed by atoms with E-state index in [0.717, 1.165) is 23.9 Å². The van der Waals surface area contributed by atoms with E-state index in [2.05, 4.69) is 15.5 Å². The van der Waals surface area contributed by atoms with Gasteiger partial charge in [0.15, 0.2) is 5.17 Å². The van der Waals surface area contributed by atoms with Crippen LogP contribution in [-0.2, 0) is 11.0 Å². The van der Waals surface area contributed by atoms with E-state index in [4.69, 9.17) is 23.2 Å². The van der Waals surface area contributed by atoms with Gasteiger partial charge in [0, 0.05) is 10.6 Å². The Bertz CT molecular complexity index is 1020. The molecular formula is C18H10Cl2F3N3OS. The summed E-state index contributed by atoms with van der Waals surface area (Å²) in [4.78, 5) is 12.2. The topological polar surface area (TPSA) is 53.8 Å². The minimum atomic E-state index is -4.45. The molecule has 1 aliphatic heterocycles. The third-order valence-corrected chi connectivity index (χ3v) is 4.93. The highest BCUT2D eigenvalue weighted by atomic mass is 35.5. The van der Waals surface area contributed by atoms with E-state index < -0.39 is 17.6 Å². The van der Waals surface area contributed by atoms with Crippen molar-refractivity contribution in [3.63, 3.8) is 0 Å². The molecule has 0 bridgehead atoms. The van der Waals surface area contributed by atoms with Crippen molar-refractivity contribution in [2.75, 3.05) is 0 Å². The molecule has 0 saturated carbocycles. The number of alkyl halides is 3. The van der Waals surface area contributed by atoms with Crippen LogP contribution in [0, 0.1) is 0 Å². The third kappa shape index (κ3) is 5.15. The SMILES string of the molecule is O=C1N/C(=N\N=C\c2ccc(Cl)cc2Cl)S/C1=C/c1cccc(C(F)(F)F)c1. The molecule has 0 aliphatic carbocycles. The lowest BCUT2D eigenvalue weighted by Gasteiger charge is -2.06. The fourth-order valence-electron chi connectivity index (χ4n) is 2.18. The molecule has 1 fully saturated rings. The van der Waals surface area contributed by atoms with Crippen molar-refractivity contribution in [3.05, 3.63) is 74.1 Å². The predicted molar refractivity (Wildman–Crippen MR) is 107 cm³/mol. The molecule has 1 saturated heterocycles. The Morgan fingerprint density at radius 2 is 1.89 bits per heavy atom. The highest BCUT2D eigenvalue weighted by Crippen LogP contribution is 2.31. The van der Waals surface area contributed by atoms with Gasteiger partial charge in [-0.2, -0.15) is 18.3 Å². The molecule has 0 radical (unpaired) electrons. The Morgan fingerprint density at radius 3 is 2.61 bits per heavy atom. The van der Waals surface area contributed by atoms with Gasteiger partial charge in [0.2, 0.25) is 0 Å². The molecule has 0 atom stereocenters. The van der Waals surface area contributed by atoms with Crippen LogP contribution in [0.1, 0.15) is 16.7 Å². The Morgan fingerprint density at radius 1 is 1.11 bits per heavy atom. The Balaban J connectivity index is 1.75. The minimum absolute atomic E-state index is 0.199. The molecule has 1 N–H and O–H groups in total. The van der Waals surface area contributed by atoms with E-state index in [1.54, 1.807) is 18.2 Å². The van der Waals surface area contributed by atoms with Crippen LogP contribution in [0.4, 0.5) is 13.2 Å². The quantitative estimate of drug-likeness (QED) is 0.380. The summed E-state index contributed by atoms with van der Waals surface area (Å²) in [5, 5.41) is 11.3. The summed E-state index contributed by atoms with van der Waals surface area (Å²) < 4.78 is 38.4. The van der Waals surface area contributed by atoms with Gasteiger partial charge in [-0.15, -0.1) is 5.10 Å². The number of thioether (sulfide) groups is 1. The lowest BCUT2D eigenvalue weighted by atomic mass is 10.1. The Kier molecular flexibility index (Phi) is 6.12. The number of amides is 1. The summed E-state index contributed by atoms with van der Waals surface area (Å²) in [6, 6.07) is 9.55. The van der Waals surface area contributed by atoms with E-state index in [1.807, 2.05) is 0 Å². The summed E-state index contributed by atoms with van der Waals surface area (Å²) in [6.07, 6.45) is -1.70. The average molecular weight is 444 g/mol. The van der Waals surface area contributed by atoms with Crippen molar-refractivity contribution in [1.29, 1.82) is 0 Å². The number of amidine groups is 1. The van der Waals surface area contributed by atoms with Gasteiger partial charge in [-0.25, -0.2) is 0 Å². The van der Waals surface area contributed by atoms with Crippen molar-refractivity contribution in [2.45, 2.75) is 6.18 Å². The smallest absolute Gasteiger partial charge is 0.299 e. The summed E-state index contributed by atoms with van der Waals surface area (Å²) in [5.41, 5.74) is 0.0539. The van der Waals surface area contributed by atoms with Crippen LogP contribution < -0.4 is 5.32 Å². The second-order valence-electron chi connectivity index (χ2n) is 5.50. The largest absolute Gasteiger partial charge is 0.416 e. The molecule has 1 aliphatic rings. The molecule has 0 unspecified atom stereocenters. The van der Waals surface area contributed by atoms with Gasteiger partial charge in [-0.05, 0) is 47.7 Å². The first-order chi connectivity index (χ1) is 13.2. The number of nitrogens with zero attached hydrogens (tertiary/aromatic N) is 2. The molecule has 4 nitrogen and oxygen atoms in total. The third-order valence-electron chi connectivity index (χ3n) is 3.47. The van der Waals surface area contributed by atoms with E-state index in [0.29, 0.717) is 15.6 Å². The van der Waals surface area contributed by atoms with E-state index in [1.165, 1.54) is 24.4 Å². The monoisotopic (exact) mass is 443 g/mol. The van der Waals surface area contributed by atoms with Gasteiger partial charge in [-0.1, -0.05) is 41.4 Å². The number of carbonyl (C=O) groups excluding carboxylic acids is 1. The molecule has 0 spiro atoms. The number of hydrogen-bond acceptors (Lipinski definition) is 4. The van der Waals surface area contributed by atoms with Gasteiger partial charge >= 0.3 is 6.18 Å². The van der Waals surface area contributed by atoms with Crippen molar-refractivity contribution >= 4 is 58.3 Å². The highest BCUT2D eigenvalue weighted by Gasteiger charge is 2.30. The maximum atomic E-state index is 12.8. The van der Waals surface area contributed by atoms with Crippen molar-refractivity contribution in [2.24, 2.45) is 10.2 Å². The molecule has 3 rings (SSSR count).